The van der Waals surface area contributed by atoms with Gasteiger partial charge in [0.1, 0.15) is 5.75 Å². The Hall–Kier alpha value is -3.02. The van der Waals surface area contributed by atoms with Crippen molar-refractivity contribution in [3.8, 4) is 5.75 Å². The van der Waals surface area contributed by atoms with Gasteiger partial charge in [-0.2, -0.15) is 0 Å². The fraction of sp³-hybridized carbons (Fsp3) is 0.300. The number of hydrogen-bond acceptors (Lipinski definition) is 4. The van der Waals surface area contributed by atoms with Crippen molar-refractivity contribution in [1.82, 2.24) is 4.90 Å². The van der Waals surface area contributed by atoms with Crippen LogP contribution in [0, 0.1) is 6.92 Å². The van der Waals surface area contributed by atoms with Crippen molar-refractivity contribution in [2.75, 3.05) is 43.5 Å². The highest BCUT2D eigenvalue weighted by Gasteiger charge is 2.26. The van der Waals surface area contributed by atoms with Gasteiger partial charge in [0.15, 0.2) is 0 Å². The monoisotopic (exact) mass is 353 g/mol. The van der Waals surface area contributed by atoms with E-state index in [9.17, 15) is 9.59 Å². The van der Waals surface area contributed by atoms with E-state index < -0.39 is 11.8 Å². The van der Waals surface area contributed by atoms with Crippen LogP contribution in [-0.4, -0.2) is 50.0 Å². The molecule has 2 aromatic rings. The lowest BCUT2D eigenvalue weighted by atomic mass is 10.2. The number of carbonyl (C=O) groups excluding carboxylic acids is 2. The molecule has 1 heterocycles. The molecule has 0 radical (unpaired) electrons. The number of hydrogen-bond donors (Lipinski definition) is 1. The van der Waals surface area contributed by atoms with Gasteiger partial charge in [-0.25, -0.2) is 0 Å². The summed E-state index contributed by atoms with van der Waals surface area (Å²) in [4.78, 5) is 28.5. The van der Waals surface area contributed by atoms with E-state index in [4.69, 9.17) is 4.74 Å². The van der Waals surface area contributed by atoms with Crippen LogP contribution >= 0.6 is 0 Å². The highest BCUT2D eigenvalue weighted by Crippen LogP contribution is 2.20. The van der Waals surface area contributed by atoms with Crippen LogP contribution < -0.4 is 15.0 Å². The van der Waals surface area contributed by atoms with Crippen molar-refractivity contribution in [3.63, 3.8) is 0 Å². The number of rotatable bonds is 3. The largest absolute Gasteiger partial charge is 0.497 e. The molecule has 1 aliphatic heterocycles. The maximum absolute atomic E-state index is 12.4. The second-order valence-electron chi connectivity index (χ2n) is 6.25. The van der Waals surface area contributed by atoms with Gasteiger partial charge in [0.25, 0.3) is 0 Å². The minimum atomic E-state index is -0.586. The van der Waals surface area contributed by atoms with Crippen molar-refractivity contribution >= 4 is 23.2 Å². The summed E-state index contributed by atoms with van der Waals surface area (Å²) in [6.07, 6.45) is 0. The number of nitrogens with one attached hydrogen (secondary N) is 1. The summed E-state index contributed by atoms with van der Waals surface area (Å²) in [6.45, 7) is 4.32. The van der Waals surface area contributed by atoms with Crippen LogP contribution in [0.15, 0.2) is 48.5 Å². The van der Waals surface area contributed by atoms with Crippen LogP contribution in [0.2, 0.25) is 0 Å². The first-order chi connectivity index (χ1) is 12.6. The molecule has 1 saturated heterocycles. The zero-order chi connectivity index (χ0) is 18.5. The molecule has 0 bridgehead atoms. The Morgan fingerprint density at radius 1 is 0.962 bits per heavy atom. The number of para-hydroxylation sites is 1. The zero-order valence-corrected chi connectivity index (χ0v) is 15.1. The molecule has 1 aliphatic rings. The number of carbonyl (C=O) groups is 2. The molecule has 0 atom stereocenters. The average molecular weight is 353 g/mol. The first-order valence-corrected chi connectivity index (χ1v) is 8.63. The summed E-state index contributed by atoms with van der Waals surface area (Å²) in [5.41, 5.74) is 2.68. The van der Waals surface area contributed by atoms with E-state index in [0.717, 1.165) is 17.0 Å². The Labute approximate surface area is 153 Å². The summed E-state index contributed by atoms with van der Waals surface area (Å²) in [5.74, 6) is -0.254. The maximum atomic E-state index is 12.4. The predicted octanol–water partition coefficient (Wildman–Crippen LogP) is 2.29. The van der Waals surface area contributed by atoms with Gasteiger partial charge in [0.2, 0.25) is 0 Å². The standard InChI is InChI=1S/C20H23N3O3/c1-15-5-3-4-6-18(15)21-19(24)20(25)23-13-11-22(12-14-23)16-7-9-17(26-2)10-8-16/h3-10H,11-14H2,1-2H3,(H,21,24). The molecule has 136 valence electrons. The lowest BCUT2D eigenvalue weighted by Crippen LogP contribution is -2.51. The summed E-state index contributed by atoms with van der Waals surface area (Å²) in [5, 5.41) is 2.71. The molecule has 6 heteroatoms. The third kappa shape index (κ3) is 3.96. The highest BCUT2D eigenvalue weighted by atomic mass is 16.5. The van der Waals surface area contributed by atoms with E-state index in [0.29, 0.717) is 31.9 Å². The lowest BCUT2D eigenvalue weighted by Gasteiger charge is -2.35. The third-order valence-electron chi connectivity index (χ3n) is 4.59. The van der Waals surface area contributed by atoms with Crippen molar-refractivity contribution in [2.45, 2.75) is 6.92 Å². The summed E-state index contributed by atoms with van der Waals surface area (Å²) < 4.78 is 5.17. The van der Waals surface area contributed by atoms with Crippen LogP contribution in [0.25, 0.3) is 0 Å². The Morgan fingerprint density at radius 3 is 2.23 bits per heavy atom. The molecule has 2 aromatic carbocycles. The Bertz CT molecular complexity index is 781. The third-order valence-corrected chi connectivity index (χ3v) is 4.59. The predicted molar refractivity (Wildman–Crippen MR) is 102 cm³/mol. The van der Waals surface area contributed by atoms with Gasteiger partial charge in [-0.05, 0) is 42.8 Å². The molecule has 1 N–H and O–H groups in total. The van der Waals surface area contributed by atoms with Crippen LogP contribution in [0.5, 0.6) is 5.75 Å². The number of anilines is 2. The first kappa shape index (κ1) is 17.8. The van der Waals surface area contributed by atoms with E-state index in [1.165, 1.54) is 0 Å². The lowest BCUT2D eigenvalue weighted by molar-refractivity contribution is -0.143. The Kier molecular flexibility index (Phi) is 5.41. The molecular weight excluding hydrogens is 330 g/mol. The number of ether oxygens (including phenoxy) is 1. The van der Waals surface area contributed by atoms with Crippen LogP contribution in [0.4, 0.5) is 11.4 Å². The van der Waals surface area contributed by atoms with Gasteiger partial charge in [0.05, 0.1) is 7.11 Å². The second-order valence-corrected chi connectivity index (χ2v) is 6.25. The summed E-state index contributed by atoms with van der Waals surface area (Å²) in [7, 11) is 1.64. The fourth-order valence-electron chi connectivity index (χ4n) is 2.99. The van der Waals surface area contributed by atoms with E-state index in [1.807, 2.05) is 49.4 Å². The zero-order valence-electron chi connectivity index (χ0n) is 15.1. The smallest absolute Gasteiger partial charge is 0.313 e. The van der Waals surface area contributed by atoms with Crippen molar-refractivity contribution < 1.29 is 14.3 Å². The van der Waals surface area contributed by atoms with E-state index >= 15 is 0 Å². The molecule has 0 unspecified atom stereocenters. The molecule has 0 spiro atoms. The number of methoxy groups -OCH3 is 1. The van der Waals surface area contributed by atoms with Crippen molar-refractivity contribution in [2.24, 2.45) is 0 Å². The first-order valence-electron chi connectivity index (χ1n) is 8.63. The van der Waals surface area contributed by atoms with Gasteiger partial charge < -0.3 is 19.9 Å². The number of amides is 2. The molecule has 3 rings (SSSR count). The van der Waals surface area contributed by atoms with Crippen LogP contribution in [-0.2, 0) is 9.59 Å². The molecular formula is C20H23N3O3. The molecule has 0 saturated carbocycles. The molecule has 2 amide bonds. The number of nitrogens with zero attached hydrogens (tertiary/aromatic N) is 2. The van der Waals surface area contributed by atoms with Crippen molar-refractivity contribution in [1.29, 1.82) is 0 Å². The minimum absolute atomic E-state index is 0.484. The quantitative estimate of drug-likeness (QED) is 0.860. The van der Waals surface area contributed by atoms with Gasteiger partial charge in [-0.1, -0.05) is 18.2 Å². The molecule has 26 heavy (non-hydrogen) atoms. The number of benzene rings is 2. The molecule has 0 aliphatic carbocycles. The SMILES string of the molecule is COc1ccc(N2CCN(C(=O)C(=O)Nc3ccccc3C)CC2)cc1. The van der Waals surface area contributed by atoms with Gasteiger partial charge >= 0.3 is 11.8 Å². The minimum Gasteiger partial charge on any atom is -0.497 e. The normalized spacial score (nSPS) is 14.1. The van der Waals surface area contributed by atoms with Crippen molar-refractivity contribution in [3.05, 3.63) is 54.1 Å². The fourth-order valence-corrected chi connectivity index (χ4v) is 2.99. The topological polar surface area (TPSA) is 61.9 Å². The second kappa shape index (κ2) is 7.91. The molecule has 0 aromatic heterocycles. The number of aryl methyl sites for hydroxylation is 1. The van der Waals surface area contributed by atoms with Crippen LogP contribution in [0.3, 0.4) is 0 Å². The average Bonchev–Trinajstić information content (AvgIpc) is 2.69. The van der Waals surface area contributed by atoms with E-state index in [2.05, 4.69) is 10.2 Å². The number of piperazine rings is 1. The highest BCUT2D eigenvalue weighted by molar-refractivity contribution is 6.39. The van der Waals surface area contributed by atoms with Crippen LogP contribution in [0.1, 0.15) is 5.56 Å². The van der Waals surface area contributed by atoms with Gasteiger partial charge in [0, 0.05) is 37.6 Å². The maximum Gasteiger partial charge on any atom is 0.313 e. The van der Waals surface area contributed by atoms with Gasteiger partial charge in [-0.15, -0.1) is 0 Å². The summed E-state index contributed by atoms with van der Waals surface area (Å²) in [6, 6.07) is 15.3. The molecule has 1 fully saturated rings. The van der Waals surface area contributed by atoms with Gasteiger partial charge in [-0.3, -0.25) is 9.59 Å². The van der Waals surface area contributed by atoms with E-state index in [-0.39, 0.29) is 0 Å². The molecule has 6 nitrogen and oxygen atoms in total. The summed E-state index contributed by atoms with van der Waals surface area (Å²) >= 11 is 0. The Balaban J connectivity index is 1.56. The van der Waals surface area contributed by atoms with E-state index in [1.54, 1.807) is 18.1 Å². The Morgan fingerprint density at radius 2 is 1.62 bits per heavy atom.